The lowest BCUT2D eigenvalue weighted by Crippen LogP contribution is -2.40. The fourth-order valence-corrected chi connectivity index (χ4v) is 2.46. The maximum Gasteiger partial charge on any atom is 0.254 e. The van der Waals surface area contributed by atoms with Gasteiger partial charge in [-0.05, 0) is 12.1 Å². The van der Waals surface area contributed by atoms with Crippen molar-refractivity contribution in [2.24, 2.45) is 16.5 Å². The number of benzene rings is 1. The number of rotatable bonds is 3. The Labute approximate surface area is 139 Å². The lowest BCUT2D eigenvalue weighted by Gasteiger charge is -2.26. The molecule has 2 aromatic rings. The zero-order valence-corrected chi connectivity index (χ0v) is 13.1. The number of ether oxygens (including phenoxy) is 1. The van der Waals surface area contributed by atoms with E-state index in [2.05, 4.69) is 15.0 Å². The topological polar surface area (TPSA) is 120 Å². The number of carbonyl (C=O) groups is 1. The molecule has 1 aromatic heterocycles. The van der Waals surface area contributed by atoms with Crippen LogP contribution in [0.2, 0.25) is 0 Å². The molecule has 124 valence electrons. The molecule has 0 spiro atoms. The van der Waals surface area contributed by atoms with E-state index in [1.807, 2.05) is 12.1 Å². The van der Waals surface area contributed by atoms with E-state index in [-0.39, 0.29) is 11.9 Å². The molecule has 0 radical (unpaired) electrons. The van der Waals surface area contributed by atoms with Crippen LogP contribution in [0.15, 0.2) is 41.7 Å². The van der Waals surface area contributed by atoms with Gasteiger partial charge in [-0.1, -0.05) is 12.1 Å². The molecule has 3 rings (SSSR count). The molecule has 0 saturated carbocycles. The van der Waals surface area contributed by atoms with Crippen LogP contribution in [0.5, 0.6) is 0 Å². The summed E-state index contributed by atoms with van der Waals surface area (Å²) in [5.41, 5.74) is 12.8. The second-order valence-corrected chi connectivity index (χ2v) is 5.25. The lowest BCUT2D eigenvalue weighted by molar-refractivity contribution is 0.0303. The van der Waals surface area contributed by atoms with Gasteiger partial charge >= 0.3 is 0 Å². The summed E-state index contributed by atoms with van der Waals surface area (Å²) in [5.74, 6) is 0.245. The number of amides is 1. The molecule has 1 fully saturated rings. The third kappa shape index (κ3) is 3.49. The molecule has 1 aliphatic rings. The minimum Gasteiger partial charge on any atom is -0.378 e. The lowest BCUT2D eigenvalue weighted by atomic mass is 10.1. The molecule has 8 heteroatoms. The van der Waals surface area contributed by atoms with Crippen LogP contribution in [0.4, 0.5) is 5.82 Å². The summed E-state index contributed by atoms with van der Waals surface area (Å²) < 4.78 is 5.27. The first-order valence-electron chi connectivity index (χ1n) is 7.53. The molecule has 1 aromatic carbocycles. The monoisotopic (exact) mass is 326 g/mol. The molecular formula is C16H18N6O2. The first-order valence-corrected chi connectivity index (χ1v) is 7.53. The summed E-state index contributed by atoms with van der Waals surface area (Å²) in [6.45, 7) is 2.37. The van der Waals surface area contributed by atoms with Crippen LogP contribution < -0.4 is 11.5 Å². The number of morpholine rings is 1. The molecule has 4 N–H and O–H groups in total. The zero-order valence-electron chi connectivity index (χ0n) is 13.1. The highest BCUT2D eigenvalue weighted by atomic mass is 16.5. The highest BCUT2D eigenvalue weighted by Crippen LogP contribution is 2.26. The van der Waals surface area contributed by atoms with E-state index in [9.17, 15) is 4.79 Å². The Morgan fingerprint density at radius 2 is 1.75 bits per heavy atom. The molecule has 1 aliphatic heterocycles. The predicted octanol–water partition coefficient (Wildman–Crippen LogP) is 0.521. The van der Waals surface area contributed by atoms with E-state index in [1.165, 1.54) is 6.20 Å². The smallest absolute Gasteiger partial charge is 0.254 e. The maximum absolute atomic E-state index is 12.4. The van der Waals surface area contributed by atoms with Gasteiger partial charge in [-0.25, -0.2) is 4.98 Å². The van der Waals surface area contributed by atoms with E-state index < -0.39 is 0 Å². The first kappa shape index (κ1) is 15.9. The van der Waals surface area contributed by atoms with Crippen LogP contribution in [0.25, 0.3) is 11.3 Å². The maximum atomic E-state index is 12.4. The Bertz CT molecular complexity index is 749. The summed E-state index contributed by atoms with van der Waals surface area (Å²) in [6, 6.07) is 7.15. The van der Waals surface area contributed by atoms with Gasteiger partial charge in [0.15, 0.2) is 11.8 Å². The second kappa shape index (κ2) is 7.05. The molecular weight excluding hydrogens is 308 g/mol. The molecule has 0 bridgehead atoms. The predicted molar refractivity (Wildman–Crippen MR) is 89.7 cm³/mol. The number of carbonyl (C=O) groups excluding carboxylic acids is 1. The highest BCUT2D eigenvalue weighted by molar-refractivity contribution is 5.95. The van der Waals surface area contributed by atoms with Gasteiger partial charge in [-0.3, -0.25) is 9.78 Å². The van der Waals surface area contributed by atoms with Gasteiger partial charge in [0.2, 0.25) is 0 Å². The van der Waals surface area contributed by atoms with Crippen LogP contribution in [-0.4, -0.2) is 53.0 Å². The Balaban J connectivity index is 1.85. The van der Waals surface area contributed by atoms with Crippen molar-refractivity contribution in [2.45, 2.75) is 0 Å². The van der Waals surface area contributed by atoms with E-state index in [1.54, 1.807) is 23.2 Å². The summed E-state index contributed by atoms with van der Waals surface area (Å²) in [7, 11) is 0. The number of guanidine groups is 1. The summed E-state index contributed by atoms with van der Waals surface area (Å²) >= 11 is 0. The molecule has 8 nitrogen and oxygen atoms in total. The van der Waals surface area contributed by atoms with Crippen molar-refractivity contribution in [1.29, 1.82) is 0 Å². The van der Waals surface area contributed by atoms with Gasteiger partial charge in [-0.15, -0.1) is 0 Å². The second-order valence-electron chi connectivity index (χ2n) is 5.25. The van der Waals surface area contributed by atoms with Crippen molar-refractivity contribution in [3.8, 4) is 11.3 Å². The van der Waals surface area contributed by atoms with Gasteiger partial charge in [0.1, 0.15) is 5.69 Å². The molecule has 24 heavy (non-hydrogen) atoms. The van der Waals surface area contributed by atoms with Crippen molar-refractivity contribution < 1.29 is 9.53 Å². The number of aliphatic imine (C=N–C) groups is 1. The van der Waals surface area contributed by atoms with Crippen molar-refractivity contribution >= 4 is 17.7 Å². The van der Waals surface area contributed by atoms with Gasteiger partial charge < -0.3 is 21.1 Å². The van der Waals surface area contributed by atoms with E-state index >= 15 is 0 Å². The summed E-state index contributed by atoms with van der Waals surface area (Å²) in [5, 5.41) is 0. The first-order chi connectivity index (χ1) is 11.6. The normalized spacial score (nSPS) is 14.2. The van der Waals surface area contributed by atoms with Crippen LogP contribution in [0.1, 0.15) is 10.4 Å². The van der Waals surface area contributed by atoms with Crippen LogP contribution >= 0.6 is 0 Å². The Morgan fingerprint density at radius 1 is 1.08 bits per heavy atom. The quantitative estimate of drug-likeness (QED) is 0.627. The van der Waals surface area contributed by atoms with Crippen molar-refractivity contribution in [2.75, 3.05) is 26.3 Å². The highest BCUT2D eigenvalue weighted by Gasteiger charge is 2.18. The van der Waals surface area contributed by atoms with E-state index in [4.69, 9.17) is 16.2 Å². The number of aromatic nitrogens is 2. The molecule has 0 atom stereocenters. The number of hydrogen-bond acceptors (Lipinski definition) is 5. The average Bonchev–Trinajstić information content (AvgIpc) is 2.62. The Hall–Kier alpha value is -3.00. The third-order valence-corrected chi connectivity index (χ3v) is 3.62. The molecule has 1 amide bonds. The third-order valence-electron chi connectivity index (χ3n) is 3.62. The fourth-order valence-electron chi connectivity index (χ4n) is 2.46. The molecule has 2 heterocycles. The minimum atomic E-state index is -0.0872. The van der Waals surface area contributed by atoms with Crippen LogP contribution in [0, 0.1) is 0 Å². The SMILES string of the molecule is NC(N)=Nc1nccnc1-c1ccc(C(=O)N2CCOCC2)cc1. The Morgan fingerprint density at radius 3 is 2.42 bits per heavy atom. The molecule has 0 unspecified atom stereocenters. The standard InChI is InChI=1S/C16H18N6O2/c17-16(18)21-14-13(19-5-6-20-14)11-1-3-12(4-2-11)15(23)22-7-9-24-10-8-22/h1-6H,7-10H2,(H4,17,18,20,21). The van der Waals surface area contributed by atoms with Gasteiger partial charge in [-0.2, -0.15) is 4.99 Å². The van der Waals surface area contributed by atoms with Crippen LogP contribution in [-0.2, 0) is 4.74 Å². The van der Waals surface area contributed by atoms with Gasteiger partial charge in [0.25, 0.3) is 5.91 Å². The van der Waals surface area contributed by atoms with Crippen molar-refractivity contribution in [3.63, 3.8) is 0 Å². The summed E-state index contributed by atoms with van der Waals surface area (Å²) in [6.07, 6.45) is 3.08. The fraction of sp³-hybridized carbons (Fsp3) is 0.250. The van der Waals surface area contributed by atoms with Gasteiger partial charge in [0.05, 0.1) is 13.2 Å². The molecule has 1 saturated heterocycles. The number of nitrogens with two attached hydrogens (primary N) is 2. The zero-order chi connectivity index (χ0) is 16.9. The number of nitrogens with zero attached hydrogens (tertiary/aromatic N) is 4. The van der Waals surface area contributed by atoms with Gasteiger partial charge in [0, 0.05) is 36.6 Å². The van der Waals surface area contributed by atoms with Crippen molar-refractivity contribution in [1.82, 2.24) is 14.9 Å². The van der Waals surface area contributed by atoms with E-state index in [0.29, 0.717) is 43.4 Å². The molecule has 0 aliphatic carbocycles. The van der Waals surface area contributed by atoms with Crippen molar-refractivity contribution in [3.05, 3.63) is 42.2 Å². The summed E-state index contributed by atoms with van der Waals surface area (Å²) in [4.78, 5) is 26.6. The largest absolute Gasteiger partial charge is 0.378 e. The van der Waals surface area contributed by atoms with E-state index in [0.717, 1.165) is 5.56 Å². The van der Waals surface area contributed by atoms with Crippen LogP contribution in [0.3, 0.4) is 0 Å². The number of hydrogen-bond donors (Lipinski definition) is 2. The Kier molecular flexibility index (Phi) is 4.66. The minimum absolute atomic E-state index is 0.00607. The average molecular weight is 326 g/mol.